The SMILES string of the molecule is COCCCNCC1COc2ccccc2C1=O.Cl. The summed E-state index contributed by atoms with van der Waals surface area (Å²) >= 11 is 0. The molecule has 5 heteroatoms. The lowest BCUT2D eigenvalue weighted by Gasteiger charge is -2.24. The van der Waals surface area contributed by atoms with Crippen molar-refractivity contribution in [3.05, 3.63) is 29.8 Å². The summed E-state index contributed by atoms with van der Waals surface area (Å²) in [6.45, 7) is 2.73. The van der Waals surface area contributed by atoms with Crippen LogP contribution in [0.2, 0.25) is 0 Å². The summed E-state index contributed by atoms with van der Waals surface area (Å²) in [6.07, 6.45) is 0.953. The van der Waals surface area contributed by atoms with Crippen LogP contribution in [0.5, 0.6) is 5.75 Å². The lowest BCUT2D eigenvalue weighted by Crippen LogP contribution is -2.36. The predicted molar refractivity (Wildman–Crippen MR) is 76.4 cm³/mol. The molecule has 4 nitrogen and oxygen atoms in total. The third-order valence-corrected chi connectivity index (χ3v) is 3.06. The molecule has 0 aromatic heterocycles. The maximum atomic E-state index is 12.2. The van der Waals surface area contributed by atoms with E-state index in [2.05, 4.69) is 5.32 Å². The molecule has 0 bridgehead atoms. The van der Waals surface area contributed by atoms with Gasteiger partial charge in [-0.15, -0.1) is 12.4 Å². The molecule has 1 aromatic rings. The van der Waals surface area contributed by atoms with Crippen LogP contribution in [0, 0.1) is 5.92 Å². The van der Waals surface area contributed by atoms with E-state index in [9.17, 15) is 4.79 Å². The molecule has 1 heterocycles. The van der Waals surface area contributed by atoms with Crippen molar-refractivity contribution in [1.29, 1.82) is 0 Å². The molecule has 0 saturated heterocycles. The Kier molecular flexibility index (Phi) is 6.84. The molecule has 1 aliphatic rings. The second-order valence-corrected chi connectivity index (χ2v) is 4.42. The number of methoxy groups -OCH3 is 1. The van der Waals surface area contributed by atoms with Crippen LogP contribution in [-0.2, 0) is 4.74 Å². The normalized spacial score (nSPS) is 17.3. The highest BCUT2D eigenvalue weighted by atomic mass is 35.5. The highest BCUT2D eigenvalue weighted by molar-refractivity contribution is 6.01. The zero-order chi connectivity index (χ0) is 12.8. The monoisotopic (exact) mass is 285 g/mol. The van der Waals surface area contributed by atoms with Crippen LogP contribution < -0.4 is 10.1 Å². The summed E-state index contributed by atoms with van der Waals surface area (Å²) in [5.74, 6) is 0.802. The van der Waals surface area contributed by atoms with Gasteiger partial charge in [0.05, 0.1) is 18.1 Å². The van der Waals surface area contributed by atoms with Crippen LogP contribution in [0.15, 0.2) is 24.3 Å². The first-order valence-electron chi connectivity index (χ1n) is 6.28. The second-order valence-electron chi connectivity index (χ2n) is 4.42. The van der Waals surface area contributed by atoms with Gasteiger partial charge < -0.3 is 14.8 Å². The van der Waals surface area contributed by atoms with Crippen molar-refractivity contribution in [2.45, 2.75) is 6.42 Å². The quantitative estimate of drug-likeness (QED) is 0.812. The van der Waals surface area contributed by atoms with E-state index in [0.29, 0.717) is 24.5 Å². The van der Waals surface area contributed by atoms with E-state index < -0.39 is 0 Å². The number of carbonyl (C=O) groups is 1. The van der Waals surface area contributed by atoms with Crippen molar-refractivity contribution >= 4 is 18.2 Å². The van der Waals surface area contributed by atoms with Crippen LogP contribution in [0.25, 0.3) is 0 Å². The summed E-state index contributed by atoms with van der Waals surface area (Å²) in [5.41, 5.74) is 0.701. The molecular weight excluding hydrogens is 266 g/mol. The molecule has 1 unspecified atom stereocenters. The Morgan fingerprint density at radius 2 is 2.21 bits per heavy atom. The number of para-hydroxylation sites is 1. The molecule has 19 heavy (non-hydrogen) atoms. The summed E-state index contributed by atoms with van der Waals surface area (Å²) < 4.78 is 10.6. The van der Waals surface area contributed by atoms with Crippen LogP contribution in [0.4, 0.5) is 0 Å². The number of ether oxygens (including phenoxy) is 2. The van der Waals surface area contributed by atoms with E-state index in [0.717, 1.165) is 19.6 Å². The number of hydrogen-bond acceptors (Lipinski definition) is 4. The van der Waals surface area contributed by atoms with Gasteiger partial charge >= 0.3 is 0 Å². The molecule has 0 amide bonds. The number of nitrogens with one attached hydrogen (secondary N) is 1. The Bertz CT molecular complexity index is 411. The maximum Gasteiger partial charge on any atom is 0.174 e. The molecule has 106 valence electrons. The standard InChI is InChI=1S/C14H19NO3.ClH/c1-17-8-4-7-15-9-11-10-18-13-6-3-2-5-12(13)14(11)16;/h2-3,5-6,11,15H,4,7-10H2,1H3;1H. The molecule has 0 radical (unpaired) electrons. The molecule has 1 N–H and O–H groups in total. The van der Waals surface area contributed by atoms with E-state index in [-0.39, 0.29) is 24.1 Å². The largest absolute Gasteiger partial charge is 0.492 e. The fourth-order valence-corrected chi connectivity index (χ4v) is 2.05. The van der Waals surface area contributed by atoms with Gasteiger partial charge in [0.15, 0.2) is 5.78 Å². The Morgan fingerprint density at radius 3 is 3.00 bits per heavy atom. The first-order valence-corrected chi connectivity index (χ1v) is 6.28. The Balaban J connectivity index is 0.00000180. The van der Waals surface area contributed by atoms with Crippen molar-refractivity contribution < 1.29 is 14.3 Å². The Labute approximate surface area is 119 Å². The zero-order valence-corrected chi connectivity index (χ0v) is 11.9. The van der Waals surface area contributed by atoms with E-state index in [4.69, 9.17) is 9.47 Å². The average Bonchev–Trinajstić information content (AvgIpc) is 2.41. The molecule has 1 aliphatic heterocycles. The van der Waals surface area contributed by atoms with Gasteiger partial charge in [0.25, 0.3) is 0 Å². The van der Waals surface area contributed by atoms with Crippen LogP contribution in [0.3, 0.4) is 0 Å². The van der Waals surface area contributed by atoms with Gasteiger partial charge in [-0.1, -0.05) is 12.1 Å². The second kappa shape index (κ2) is 8.15. The Hall–Kier alpha value is -1.10. The molecular formula is C14H20ClNO3. The number of Topliss-reactive ketones (excluding diaryl/α,β-unsaturated/α-hetero) is 1. The van der Waals surface area contributed by atoms with Gasteiger partial charge in [-0.2, -0.15) is 0 Å². The number of hydrogen-bond donors (Lipinski definition) is 1. The van der Waals surface area contributed by atoms with E-state index in [1.807, 2.05) is 24.3 Å². The van der Waals surface area contributed by atoms with E-state index >= 15 is 0 Å². The van der Waals surface area contributed by atoms with Crippen LogP contribution in [0.1, 0.15) is 16.8 Å². The minimum Gasteiger partial charge on any atom is -0.492 e. The highest BCUT2D eigenvalue weighted by Crippen LogP contribution is 2.26. The first kappa shape index (κ1) is 16.0. The van der Waals surface area contributed by atoms with Gasteiger partial charge in [-0.25, -0.2) is 0 Å². The third-order valence-electron chi connectivity index (χ3n) is 3.06. The summed E-state index contributed by atoms with van der Waals surface area (Å²) in [7, 11) is 1.69. The molecule has 0 saturated carbocycles. The van der Waals surface area contributed by atoms with Gasteiger partial charge in [0.1, 0.15) is 5.75 Å². The number of halogens is 1. The van der Waals surface area contributed by atoms with Crippen LogP contribution >= 0.6 is 12.4 Å². The first-order chi connectivity index (χ1) is 8.83. The van der Waals surface area contributed by atoms with Gasteiger partial charge in [-0.3, -0.25) is 4.79 Å². The summed E-state index contributed by atoms with van der Waals surface area (Å²) in [6, 6.07) is 7.42. The van der Waals surface area contributed by atoms with Crippen molar-refractivity contribution in [3.8, 4) is 5.75 Å². The molecule has 2 rings (SSSR count). The zero-order valence-electron chi connectivity index (χ0n) is 11.1. The maximum absolute atomic E-state index is 12.2. The number of benzene rings is 1. The minimum absolute atomic E-state index is 0. The Morgan fingerprint density at radius 1 is 1.42 bits per heavy atom. The third kappa shape index (κ3) is 4.20. The predicted octanol–water partition coefficient (Wildman–Crippen LogP) is 1.93. The lowest BCUT2D eigenvalue weighted by atomic mass is 9.95. The molecule has 1 aromatic carbocycles. The van der Waals surface area contributed by atoms with Gasteiger partial charge in [0.2, 0.25) is 0 Å². The smallest absolute Gasteiger partial charge is 0.174 e. The van der Waals surface area contributed by atoms with Gasteiger partial charge in [-0.05, 0) is 25.1 Å². The topological polar surface area (TPSA) is 47.6 Å². The minimum atomic E-state index is -0.0811. The van der Waals surface area contributed by atoms with Crippen molar-refractivity contribution in [1.82, 2.24) is 5.32 Å². The molecule has 1 atom stereocenters. The fraction of sp³-hybridized carbons (Fsp3) is 0.500. The molecule has 0 aliphatic carbocycles. The number of carbonyl (C=O) groups excluding carboxylic acids is 1. The van der Waals surface area contributed by atoms with Crippen molar-refractivity contribution in [3.63, 3.8) is 0 Å². The van der Waals surface area contributed by atoms with Crippen molar-refractivity contribution in [2.24, 2.45) is 5.92 Å². The highest BCUT2D eigenvalue weighted by Gasteiger charge is 2.27. The molecule has 0 fully saturated rings. The number of ketones is 1. The lowest BCUT2D eigenvalue weighted by molar-refractivity contribution is 0.0829. The van der Waals surface area contributed by atoms with Crippen molar-refractivity contribution in [2.75, 3.05) is 33.4 Å². The average molecular weight is 286 g/mol. The summed E-state index contributed by atoms with van der Waals surface area (Å²) in [4.78, 5) is 12.2. The fourth-order valence-electron chi connectivity index (χ4n) is 2.05. The van der Waals surface area contributed by atoms with E-state index in [1.54, 1.807) is 7.11 Å². The summed E-state index contributed by atoms with van der Waals surface area (Å²) in [5, 5.41) is 3.27. The molecule has 0 spiro atoms. The number of rotatable bonds is 6. The van der Waals surface area contributed by atoms with Gasteiger partial charge in [0, 0.05) is 20.3 Å². The number of fused-ring (bicyclic) bond motifs is 1. The van der Waals surface area contributed by atoms with E-state index in [1.165, 1.54) is 0 Å². The van der Waals surface area contributed by atoms with Crippen LogP contribution in [-0.4, -0.2) is 39.2 Å².